The number of methoxy groups -OCH3 is 2. The Bertz CT molecular complexity index is 1140. The Balaban J connectivity index is 1.97. The van der Waals surface area contributed by atoms with E-state index in [1.54, 1.807) is 32.4 Å². The minimum atomic E-state index is -0.977. The SMILES string of the molecule is COc1ccc(-c2oc3ccc(C(=O)O)cc3c2-c2ccc(OC)cc2)cc1. The highest BCUT2D eigenvalue weighted by molar-refractivity contribution is 6.04. The number of rotatable bonds is 5. The Morgan fingerprint density at radius 3 is 1.93 bits per heavy atom. The number of benzene rings is 3. The standard InChI is InChI=1S/C23H18O5/c1-26-17-8-3-14(4-9-17)21-19-13-16(23(24)25)7-12-20(19)28-22(21)15-5-10-18(27-2)11-6-15/h3-13H,1-2H3,(H,24,25). The molecule has 0 spiro atoms. The van der Waals surface area contributed by atoms with Crippen LogP contribution in [-0.4, -0.2) is 25.3 Å². The van der Waals surface area contributed by atoms with E-state index in [2.05, 4.69) is 0 Å². The summed E-state index contributed by atoms with van der Waals surface area (Å²) in [6.07, 6.45) is 0. The zero-order chi connectivity index (χ0) is 19.7. The Kier molecular flexibility index (Phi) is 4.49. The van der Waals surface area contributed by atoms with Crippen LogP contribution in [0, 0.1) is 0 Å². The van der Waals surface area contributed by atoms with Crippen molar-refractivity contribution in [1.82, 2.24) is 0 Å². The molecule has 0 bridgehead atoms. The second-order valence-corrected chi connectivity index (χ2v) is 6.28. The average Bonchev–Trinajstić information content (AvgIpc) is 3.12. The molecule has 5 nitrogen and oxygen atoms in total. The monoisotopic (exact) mass is 374 g/mol. The molecule has 28 heavy (non-hydrogen) atoms. The number of fused-ring (bicyclic) bond motifs is 1. The second-order valence-electron chi connectivity index (χ2n) is 6.28. The van der Waals surface area contributed by atoms with Gasteiger partial charge in [0.15, 0.2) is 0 Å². The molecule has 0 atom stereocenters. The van der Waals surface area contributed by atoms with Crippen molar-refractivity contribution in [1.29, 1.82) is 0 Å². The van der Waals surface area contributed by atoms with Crippen LogP contribution in [0.4, 0.5) is 0 Å². The third kappa shape index (κ3) is 3.07. The van der Waals surface area contributed by atoms with Crippen molar-refractivity contribution in [2.45, 2.75) is 0 Å². The van der Waals surface area contributed by atoms with Crippen molar-refractivity contribution >= 4 is 16.9 Å². The lowest BCUT2D eigenvalue weighted by atomic mass is 9.97. The summed E-state index contributed by atoms with van der Waals surface area (Å²) in [6, 6.07) is 20.1. The summed E-state index contributed by atoms with van der Waals surface area (Å²) < 4.78 is 16.6. The lowest BCUT2D eigenvalue weighted by Crippen LogP contribution is -1.94. The van der Waals surface area contributed by atoms with E-state index in [1.807, 2.05) is 48.5 Å². The molecule has 3 aromatic carbocycles. The molecule has 4 aromatic rings. The van der Waals surface area contributed by atoms with E-state index in [4.69, 9.17) is 13.9 Å². The summed E-state index contributed by atoms with van der Waals surface area (Å²) in [5, 5.41) is 10.1. The average molecular weight is 374 g/mol. The van der Waals surface area contributed by atoms with Crippen molar-refractivity contribution in [3.8, 4) is 33.9 Å². The van der Waals surface area contributed by atoms with E-state index >= 15 is 0 Å². The molecule has 0 amide bonds. The third-order valence-corrected chi connectivity index (χ3v) is 4.67. The summed E-state index contributed by atoms with van der Waals surface area (Å²) >= 11 is 0. The number of carboxylic acids is 1. The summed E-state index contributed by atoms with van der Waals surface area (Å²) in [7, 11) is 3.23. The molecule has 0 saturated heterocycles. The maximum atomic E-state index is 11.5. The van der Waals surface area contributed by atoms with Gasteiger partial charge in [-0.1, -0.05) is 12.1 Å². The quantitative estimate of drug-likeness (QED) is 0.501. The molecule has 5 heteroatoms. The van der Waals surface area contributed by atoms with E-state index < -0.39 is 5.97 Å². The number of ether oxygens (including phenoxy) is 2. The highest BCUT2D eigenvalue weighted by Gasteiger charge is 2.19. The van der Waals surface area contributed by atoms with Crippen LogP contribution in [0.3, 0.4) is 0 Å². The van der Waals surface area contributed by atoms with Crippen LogP contribution in [0.25, 0.3) is 33.4 Å². The zero-order valence-electron chi connectivity index (χ0n) is 15.4. The smallest absolute Gasteiger partial charge is 0.335 e. The normalized spacial score (nSPS) is 10.8. The second kappa shape index (κ2) is 7.12. The Morgan fingerprint density at radius 1 is 0.821 bits per heavy atom. The van der Waals surface area contributed by atoms with Gasteiger partial charge in [0.05, 0.1) is 19.8 Å². The van der Waals surface area contributed by atoms with E-state index in [0.717, 1.165) is 33.6 Å². The molecule has 0 radical (unpaired) electrons. The van der Waals surface area contributed by atoms with Gasteiger partial charge in [-0.25, -0.2) is 4.79 Å². The van der Waals surface area contributed by atoms with E-state index in [0.29, 0.717) is 11.3 Å². The van der Waals surface area contributed by atoms with Crippen LogP contribution in [-0.2, 0) is 0 Å². The van der Waals surface area contributed by atoms with Crippen molar-refractivity contribution in [2.24, 2.45) is 0 Å². The van der Waals surface area contributed by atoms with Crippen molar-refractivity contribution in [2.75, 3.05) is 14.2 Å². The first-order valence-electron chi connectivity index (χ1n) is 8.69. The summed E-state index contributed by atoms with van der Waals surface area (Å²) in [6.45, 7) is 0. The lowest BCUT2D eigenvalue weighted by Gasteiger charge is -2.07. The minimum Gasteiger partial charge on any atom is -0.497 e. The van der Waals surface area contributed by atoms with E-state index in [9.17, 15) is 9.90 Å². The molecule has 1 heterocycles. The van der Waals surface area contributed by atoms with Gasteiger partial charge in [-0.15, -0.1) is 0 Å². The highest BCUT2D eigenvalue weighted by Crippen LogP contribution is 2.41. The molecule has 0 saturated carbocycles. The van der Waals surface area contributed by atoms with Gasteiger partial charge >= 0.3 is 5.97 Å². The van der Waals surface area contributed by atoms with Gasteiger partial charge in [0.25, 0.3) is 0 Å². The molecular formula is C23H18O5. The summed E-state index contributed by atoms with van der Waals surface area (Å²) in [4.78, 5) is 11.5. The van der Waals surface area contributed by atoms with Crippen LogP contribution < -0.4 is 9.47 Å². The van der Waals surface area contributed by atoms with Crippen LogP contribution in [0.5, 0.6) is 11.5 Å². The molecule has 1 aromatic heterocycles. The highest BCUT2D eigenvalue weighted by atomic mass is 16.5. The molecule has 4 rings (SSSR count). The van der Waals surface area contributed by atoms with Crippen LogP contribution in [0.2, 0.25) is 0 Å². The molecule has 1 N–H and O–H groups in total. The maximum Gasteiger partial charge on any atom is 0.335 e. The minimum absolute atomic E-state index is 0.212. The number of aromatic carboxylic acids is 1. The first-order valence-corrected chi connectivity index (χ1v) is 8.69. The maximum absolute atomic E-state index is 11.5. The summed E-state index contributed by atoms with van der Waals surface area (Å²) in [5.74, 6) is 1.19. The third-order valence-electron chi connectivity index (χ3n) is 4.67. The van der Waals surface area contributed by atoms with Gasteiger partial charge in [-0.2, -0.15) is 0 Å². The zero-order valence-corrected chi connectivity index (χ0v) is 15.4. The van der Waals surface area contributed by atoms with Gasteiger partial charge in [0.1, 0.15) is 22.8 Å². The predicted octanol–water partition coefficient (Wildman–Crippen LogP) is 5.48. The van der Waals surface area contributed by atoms with E-state index in [1.165, 1.54) is 0 Å². The molecule has 0 aliphatic carbocycles. The van der Waals surface area contributed by atoms with Crippen LogP contribution >= 0.6 is 0 Å². The fraction of sp³-hybridized carbons (Fsp3) is 0.0870. The van der Waals surface area contributed by atoms with Gasteiger partial charge < -0.3 is 19.0 Å². The number of hydrogen-bond donors (Lipinski definition) is 1. The number of furan rings is 1. The topological polar surface area (TPSA) is 68.9 Å². The van der Waals surface area contributed by atoms with E-state index in [-0.39, 0.29) is 5.56 Å². The van der Waals surface area contributed by atoms with Crippen molar-refractivity contribution in [3.63, 3.8) is 0 Å². The lowest BCUT2D eigenvalue weighted by molar-refractivity contribution is 0.0697. The molecule has 0 aliphatic heterocycles. The van der Waals surface area contributed by atoms with Gasteiger partial charge in [0, 0.05) is 16.5 Å². The molecule has 0 aliphatic rings. The fourth-order valence-corrected chi connectivity index (χ4v) is 3.22. The molecule has 0 fully saturated rings. The molecule has 140 valence electrons. The fourth-order valence-electron chi connectivity index (χ4n) is 3.22. The molecule has 0 unspecified atom stereocenters. The van der Waals surface area contributed by atoms with Crippen molar-refractivity contribution in [3.05, 3.63) is 72.3 Å². The number of carbonyl (C=O) groups is 1. The van der Waals surface area contributed by atoms with Crippen LogP contribution in [0.1, 0.15) is 10.4 Å². The predicted molar refractivity (Wildman–Crippen MR) is 107 cm³/mol. The van der Waals surface area contributed by atoms with Gasteiger partial charge in [-0.3, -0.25) is 0 Å². The Morgan fingerprint density at radius 2 is 1.39 bits per heavy atom. The number of carboxylic acid groups (broad SMARTS) is 1. The first kappa shape index (κ1) is 17.7. The van der Waals surface area contributed by atoms with Crippen LogP contribution in [0.15, 0.2) is 71.1 Å². The first-order chi connectivity index (χ1) is 13.6. The largest absolute Gasteiger partial charge is 0.497 e. The van der Waals surface area contributed by atoms with Crippen molar-refractivity contribution < 1.29 is 23.8 Å². The van der Waals surface area contributed by atoms with Gasteiger partial charge in [-0.05, 0) is 60.2 Å². The number of hydrogen-bond acceptors (Lipinski definition) is 4. The Labute approximate surface area is 161 Å². The Hall–Kier alpha value is -3.73. The van der Waals surface area contributed by atoms with Gasteiger partial charge in [0.2, 0.25) is 0 Å². The molecular weight excluding hydrogens is 356 g/mol. The summed E-state index contributed by atoms with van der Waals surface area (Å²) in [5.41, 5.74) is 3.46.